The van der Waals surface area contributed by atoms with Gasteiger partial charge in [0.2, 0.25) is 5.91 Å². The molecule has 3 unspecified atom stereocenters. The van der Waals surface area contributed by atoms with E-state index < -0.39 is 0 Å². The number of rotatable bonds is 5. The average molecular weight is 278 g/mol. The Balaban J connectivity index is 1.87. The van der Waals surface area contributed by atoms with Crippen molar-refractivity contribution in [3.63, 3.8) is 0 Å². The van der Waals surface area contributed by atoms with Gasteiger partial charge in [-0.2, -0.15) is 0 Å². The first-order chi connectivity index (χ1) is 9.60. The summed E-state index contributed by atoms with van der Waals surface area (Å²) in [4.78, 5) is 11.8. The third-order valence-electron chi connectivity index (χ3n) is 3.35. The second-order valence-corrected chi connectivity index (χ2v) is 4.81. The molecule has 1 saturated carbocycles. The fourth-order valence-electron chi connectivity index (χ4n) is 2.19. The largest absolute Gasteiger partial charge is 0.376 e. The van der Waals surface area contributed by atoms with Crippen molar-refractivity contribution in [2.24, 2.45) is 5.73 Å². The molecule has 0 saturated heterocycles. The zero-order valence-electron chi connectivity index (χ0n) is 11.4. The summed E-state index contributed by atoms with van der Waals surface area (Å²) in [5, 5.41) is 2.83. The van der Waals surface area contributed by atoms with Crippen molar-refractivity contribution in [2.75, 3.05) is 6.61 Å². The quantitative estimate of drug-likeness (QED) is 0.801. The molecule has 0 bridgehead atoms. The molecule has 1 aromatic carbocycles. The van der Waals surface area contributed by atoms with Crippen molar-refractivity contribution in [3.8, 4) is 0 Å². The average Bonchev–Trinajstić information content (AvgIpc) is 2.44. The van der Waals surface area contributed by atoms with Crippen molar-refractivity contribution in [1.29, 1.82) is 0 Å². The van der Waals surface area contributed by atoms with Crippen LogP contribution in [-0.2, 0) is 9.53 Å². The number of amides is 1. The van der Waals surface area contributed by atoms with E-state index in [1.807, 2.05) is 6.92 Å². The van der Waals surface area contributed by atoms with Crippen LogP contribution in [0.25, 0.3) is 6.08 Å². The molecule has 0 heterocycles. The zero-order chi connectivity index (χ0) is 14.5. The van der Waals surface area contributed by atoms with Crippen LogP contribution in [0, 0.1) is 5.82 Å². The Morgan fingerprint density at radius 3 is 2.80 bits per heavy atom. The summed E-state index contributed by atoms with van der Waals surface area (Å²) in [6.45, 7) is 2.52. The number of nitrogens with one attached hydrogen (secondary N) is 1. The molecule has 5 heteroatoms. The fourth-order valence-corrected chi connectivity index (χ4v) is 2.19. The molecule has 108 valence electrons. The van der Waals surface area contributed by atoms with E-state index >= 15 is 0 Å². The standard InChI is InChI=1S/C15H19FN2O2/c1-2-20-13-9-12(17)15(13)18-14(19)8-5-10-3-6-11(16)7-4-10/h3-8,12-13,15H,2,9,17H2,1H3,(H,18,19). The highest BCUT2D eigenvalue weighted by Crippen LogP contribution is 2.22. The molecule has 1 fully saturated rings. The van der Waals surface area contributed by atoms with Gasteiger partial charge in [0, 0.05) is 18.7 Å². The number of nitrogens with two attached hydrogens (primary N) is 1. The number of carbonyl (C=O) groups is 1. The molecule has 3 N–H and O–H groups in total. The maximum absolute atomic E-state index is 12.7. The van der Waals surface area contributed by atoms with Gasteiger partial charge in [0.1, 0.15) is 5.82 Å². The first kappa shape index (κ1) is 14.7. The number of hydrogen-bond donors (Lipinski definition) is 2. The first-order valence-electron chi connectivity index (χ1n) is 6.71. The molecular weight excluding hydrogens is 259 g/mol. The Kier molecular flexibility index (Phi) is 4.87. The number of halogens is 1. The maximum Gasteiger partial charge on any atom is 0.244 e. The summed E-state index contributed by atoms with van der Waals surface area (Å²) in [6.07, 6.45) is 3.81. The van der Waals surface area contributed by atoms with E-state index in [4.69, 9.17) is 10.5 Å². The molecule has 20 heavy (non-hydrogen) atoms. The summed E-state index contributed by atoms with van der Waals surface area (Å²) < 4.78 is 18.2. The van der Waals surface area contributed by atoms with E-state index in [1.165, 1.54) is 18.2 Å². The molecule has 2 rings (SSSR count). The van der Waals surface area contributed by atoms with E-state index in [-0.39, 0.29) is 29.9 Å². The van der Waals surface area contributed by atoms with Crippen molar-refractivity contribution in [2.45, 2.75) is 31.5 Å². The SMILES string of the molecule is CCOC1CC(N)C1NC(=O)C=Cc1ccc(F)cc1. The molecule has 4 nitrogen and oxygen atoms in total. The van der Waals surface area contributed by atoms with E-state index in [1.54, 1.807) is 18.2 Å². The van der Waals surface area contributed by atoms with Crippen LogP contribution in [-0.4, -0.2) is 30.7 Å². The number of benzene rings is 1. The molecule has 1 aliphatic carbocycles. The van der Waals surface area contributed by atoms with E-state index in [9.17, 15) is 9.18 Å². The van der Waals surface area contributed by atoms with Gasteiger partial charge in [-0.15, -0.1) is 0 Å². The van der Waals surface area contributed by atoms with Gasteiger partial charge in [-0.25, -0.2) is 4.39 Å². The fraction of sp³-hybridized carbons (Fsp3) is 0.400. The summed E-state index contributed by atoms with van der Waals surface area (Å²) in [7, 11) is 0. The van der Waals surface area contributed by atoms with Gasteiger partial charge in [0.05, 0.1) is 12.1 Å². The summed E-state index contributed by atoms with van der Waals surface area (Å²) in [6, 6.07) is 5.72. The molecule has 1 amide bonds. The van der Waals surface area contributed by atoms with Crippen LogP contribution in [0.4, 0.5) is 4.39 Å². The predicted molar refractivity (Wildman–Crippen MR) is 75.4 cm³/mol. The van der Waals surface area contributed by atoms with Gasteiger partial charge < -0.3 is 15.8 Å². The minimum atomic E-state index is -0.299. The summed E-state index contributed by atoms with van der Waals surface area (Å²) in [5.41, 5.74) is 6.62. The zero-order valence-corrected chi connectivity index (χ0v) is 11.4. The normalized spacial score (nSPS) is 25.4. The Hall–Kier alpha value is -1.72. The van der Waals surface area contributed by atoms with E-state index in [2.05, 4.69) is 5.32 Å². The van der Waals surface area contributed by atoms with E-state index in [0.717, 1.165) is 12.0 Å². The van der Waals surface area contributed by atoms with Gasteiger partial charge in [-0.05, 0) is 37.1 Å². The summed E-state index contributed by atoms with van der Waals surface area (Å²) >= 11 is 0. The van der Waals surface area contributed by atoms with Crippen LogP contribution < -0.4 is 11.1 Å². The van der Waals surface area contributed by atoms with Crippen LogP contribution in [0.3, 0.4) is 0 Å². The molecule has 0 radical (unpaired) electrons. The van der Waals surface area contributed by atoms with Crippen LogP contribution in [0.2, 0.25) is 0 Å². The Labute approximate surface area is 117 Å². The predicted octanol–water partition coefficient (Wildman–Crippen LogP) is 1.46. The molecule has 1 aliphatic rings. The van der Waals surface area contributed by atoms with Crippen LogP contribution in [0.15, 0.2) is 30.3 Å². The second kappa shape index (κ2) is 6.63. The Bertz CT molecular complexity index is 485. The molecule has 0 spiro atoms. The van der Waals surface area contributed by atoms with Crippen molar-refractivity contribution < 1.29 is 13.9 Å². The van der Waals surface area contributed by atoms with Crippen LogP contribution in [0.5, 0.6) is 0 Å². The number of carbonyl (C=O) groups excluding carboxylic acids is 1. The number of hydrogen-bond acceptors (Lipinski definition) is 3. The smallest absolute Gasteiger partial charge is 0.244 e. The minimum absolute atomic E-state index is 0.00169. The van der Waals surface area contributed by atoms with Crippen LogP contribution in [0.1, 0.15) is 18.9 Å². The lowest BCUT2D eigenvalue weighted by molar-refractivity contribution is -0.121. The van der Waals surface area contributed by atoms with Crippen LogP contribution >= 0.6 is 0 Å². The van der Waals surface area contributed by atoms with Crippen molar-refractivity contribution in [1.82, 2.24) is 5.32 Å². The van der Waals surface area contributed by atoms with E-state index in [0.29, 0.717) is 6.61 Å². The van der Waals surface area contributed by atoms with Gasteiger partial charge in [0.15, 0.2) is 0 Å². The number of ether oxygens (including phenoxy) is 1. The van der Waals surface area contributed by atoms with Crippen molar-refractivity contribution >= 4 is 12.0 Å². The second-order valence-electron chi connectivity index (χ2n) is 4.81. The third-order valence-corrected chi connectivity index (χ3v) is 3.35. The van der Waals surface area contributed by atoms with Gasteiger partial charge in [-0.1, -0.05) is 12.1 Å². The van der Waals surface area contributed by atoms with Gasteiger partial charge in [0.25, 0.3) is 0 Å². The summed E-state index contributed by atoms with van der Waals surface area (Å²) in [5.74, 6) is -0.522. The molecule has 0 aromatic heterocycles. The highest BCUT2D eigenvalue weighted by atomic mass is 19.1. The van der Waals surface area contributed by atoms with Crippen molar-refractivity contribution in [3.05, 3.63) is 41.7 Å². The van der Waals surface area contributed by atoms with Gasteiger partial charge >= 0.3 is 0 Å². The Morgan fingerprint density at radius 1 is 1.50 bits per heavy atom. The Morgan fingerprint density at radius 2 is 2.20 bits per heavy atom. The van der Waals surface area contributed by atoms with Gasteiger partial charge in [-0.3, -0.25) is 4.79 Å². The molecule has 3 atom stereocenters. The molecule has 0 aliphatic heterocycles. The third kappa shape index (κ3) is 3.65. The lowest BCUT2D eigenvalue weighted by Gasteiger charge is -2.42. The first-order valence-corrected chi connectivity index (χ1v) is 6.71. The maximum atomic E-state index is 12.7. The molecule has 1 aromatic rings. The monoisotopic (exact) mass is 278 g/mol. The lowest BCUT2D eigenvalue weighted by Crippen LogP contribution is -2.64. The minimum Gasteiger partial charge on any atom is -0.376 e. The highest BCUT2D eigenvalue weighted by molar-refractivity contribution is 5.92. The topological polar surface area (TPSA) is 64.3 Å². The highest BCUT2D eigenvalue weighted by Gasteiger charge is 2.39. The molecular formula is C15H19FN2O2. The lowest BCUT2D eigenvalue weighted by atomic mass is 9.83.